The zero-order chi connectivity index (χ0) is 13.9. The fraction of sp³-hybridized carbons (Fsp3) is 0.462. The summed E-state index contributed by atoms with van der Waals surface area (Å²) < 4.78 is 29.7. The Bertz CT molecular complexity index is 558. The first-order chi connectivity index (χ1) is 9.00. The second-order valence-corrected chi connectivity index (χ2v) is 6.86. The summed E-state index contributed by atoms with van der Waals surface area (Å²) in [5.41, 5.74) is 0.402. The average Bonchev–Trinajstić information content (AvgIpc) is 2.39. The highest BCUT2D eigenvalue weighted by Gasteiger charge is 2.28. The molecule has 1 saturated heterocycles. The number of carboxylic acid groups (broad SMARTS) is 1. The van der Waals surface area contributed by atoms with Gasteiger partial charge >= 0.3 is 5.97 Å². The van der Waals surface area contributed by atoms with Crippen molar-refractivity contribution in [1.29, 1.82) is 0 Å². The van der Waals surface area contributed by atoms with Crippen LogP contribution in [0.25, 0.3) is 0 Å². The minimum atomic E-state index is -3.34. The number of aromatic carboxylic acids is 1. The highest BCUT2D eigenvalue weighted by atomic mass is 32.2. The van der Waals surface area contributed by atoms with Crippen molar-refractivity contribution in [2.24, 2.45) is 0 Å². The van der Waals surface area contributed by atoms with E-state index in [0.717, 1.165) is 0 Å². The first kappa shape index (κ1) is 14.0. The molecule has 0 radical (unpaired) electrons. The van der Waals surface area contributed by atoms with Gasteiger partial charge < -0.3 is 9.84 Å². The van der Waals surface area contributed by atoms with E-state index in [1.807, 2.05) is 0 Å². The number of sulfone groups is 1. The Hall–Kier alpha value is -1.40. The first-order valence-electron chi connectivity index (χ1n) is 6.11. The molecule has 0 atom stereocenters. The number of ether oxygens (including phenoxy) is 1. The van der Waals surface area contributed by atoms with E-state index in [1.54, 1.807) is 18.2 Å². The number of carbonyl (C=O) groups is 1. The van der Waals surface area contributed by atoms with Gasteiger partial charge in [0, 0.05) is 13.2 Å². The molecule has 19 heavy (non-hydrogen) atoms. The molecule has 6 heteroatoms. The van der Waals surface area contributed by atoms with E-state index >= 15 is 0 Å². The molecule has 0 aliphatic carbocycles. The maximum atomic E-state index is 12.3. The zero-order valence-electron chi connectivity index (χ0n) is 10.4. The predicted octanol–water partition coefficient (Wildman–Crippen LogP) is 1.48. The standard InChI is InChI=1S/C13H16O5S/c14-13(15)12-4-2-1-3-10(12)9-19(16,17)11-5-7-18-8-6-11/h1-4,11H,5-9H2,(H,14,15). The van der Waals surface area contributed by atoms with E-state index in [-0.39, 0.29) is 11.3 Å². The van der Waals surface area contributed by atoms with Gasteiger partial charge in [-0.25, -0.2) is 13.2 Å². The summed E-state index contributed by atoms with van der Waals surface area (Å²) in [5, 5.41) is 8.63. The lowest BCUT2D eigenvalue weighted by atomic mass is 10.1. The predicted molar refractivity (Wildman–Crippen MR) is 69.9 cm³/mol. The van der Waals surface area contributed by atoms with Gasteiger partial charge in [-0.05, 0) is 24.5 Å². The Kier molecular flexibility index (Phi) is 4.21. The molecule has 104 valence electrons. The van der Waals surface area contributed by atoms with Crippen molar-refractivity contribution in [3.63, 3.8) is 0 Å². The van der Waals surface area contributed by atoms with Crippen molar-refractivity contribution in [2.45, 2.75) is 23.8 Å². The summed E-state index contributed by atoms with van der Waals surface area (Å²) in [5.74, 6) is -1.32. The molecule has 1 fully saturated rings. The van der Waals surface area contributed by atoms with Crippen molar-refractivity contribution in [1.82, 2.24) is 0 Å². The SMILES string of the molecule is O=C(O)c1ccccc1CS(=O)(=O)C1CCOCC1. The monoisotopic (exact) mass is 284 g/mol. The van der Waals surface area contributed by atoms with Gasteiger partial charge in [0.1, 0.15) is 0 Å². The maximum absolute atomic E-state index is 12.3. The van der Waals surface area contributed by atoms with Crippen molar-refractivity contribution < 1.29 is 23.1 Å². The molecule has 2 rings (SSSR count). The first-order valence-corrected chi connectivity index (χ1v) is 7.83. The van der Waals surface area contributed by atoms with E-state index in [9.17, 15) is 13.2 Å². The van der Waals surface area contributed by atoms with Gasteiger partial charge in [0.25, 0.3) is 0 Å². The molecule has 1 aliphatic heterocycles. The average molecular weight is 284 g/mol. The smallest absolute Gasteiger partial charge is 0.335 e. The van der Waals surface area contributed by atoms with Crippen LogP contribution in [0.4, 0.5) is 0 Å². The molecule has 1 heterocycles. The summed E-state index contributed by atoms with van der Waals surface area (Å²) in [6.45, 7) is 0.898. The summed E-state index contributed by atoms with van der Waals surface area (Å²) in [6.07, 6.45) is 0.967. The Morgan fingerprint density at radius 3 is 2.53 bits per heavy atom. The molecule has 1 aromatic rings. The highest BCUT2D eigenvalue weighted by Crippen LogP contribution is 2.21. The third kappa shape index (κ3) is 3.33. The second kappa shape index (κ2) is 5.71. The number of benzene rings is 1. The zero-order valence-corrected chi connectivity index (χ0v) is 11.2. The fourth-order valence-electron chi connectivity index (χ4n) is 2.22. The minimum absolute atomic E-state index is 0.0538. The van der Waals surface area contributed by atoms with E-state index in [0.29, 0.717) is 31.6 Å². The van der Waals surface area contributed by atoms with Crippen molar-refractivity contribution in [3.05, 3.63) is 35.4 Å². The van der Waals surface area contributed by atoms with E-state index < -0.39 is 21.1 Å². The van der Waals surface area contributed by atoms with Crippen molar-refractivity contribution >= 4 is 15.8 Å². The Morgan fingerprint density at radius 1 is 1.26 bits per heavy atom. The normalized spacial score (nSPS) is 17.3. The number of carboxylic acids is 1. The quantitative estimate of drug-likeness (QED) is 0.905. The van der Waals surface area contributed by atoms with Crippen LogP contribution in [0.5, 0.6) is 0 Å². The molecule has 0 saturated carbocycles. The molecule has 0 amide bonds. The third-order valence-electron chi connectivity index (χ3n) is 3.28. The van der Waals surface area contributed by atoms with Crippen LogP contribution < -0.4 is 0 Å². The van der Waals surface area contributed by atoms with Gasteiger partial charge in [-0.2, -0.15) is 0 Å². The Morgan fingerprint density at radius 2 is 1.89 bits per heavy atom. The van der Waals surface area contributed by atoms with E-state index in [2.05, 4.69) is 0 Å². The molecule has 0 bridgehead atoms. The molecule has 1 aromatic carbocycles. The lowest BCUT2D eigenvalue weighted by molar-refractivity contribution is 0.0696. The molecule has 0 unspecified atom stereocenters. The van der Waals surface area contributed by atoms with E-state index in [4.69, 9.17) is 9.84 Å². The fourth-order valence-corrected chi connectivity index (χ4v) is 4.06. The Balaban J connectivity index is 2.22. The largest absolute Gasteiger partial charge is 0.478 e. The van der Waals surface area contributed by atoms with Gasteiger partial charge in [0.05, 0.1) is 16.6 Å². The third-order valence-corrected chi connectivity index (χ3v) is 5.48. The summed E-state index contributed by atoms with van der Waals surface area (Å²) in [7, 11) is -3.34. The number of hydrogen-bond donors (Lipinski definition) is 1. The second-order valence-electron chi connectivity index (χ2n) is 4.58. The number of rotatable bonds is 4. The molecule has 5 nitrogen and oxygen atoms in total. The van der Waals surface area contributed by atoms with Crippen molar-refractivity contribution in [2.75, 3.05) is 13.2 Å². The van der Waals surface area contributed by atoms with Gasteiger partial charge in [0.15, 0.2) is 9.84 Å². The topological polar surface area (TPSA) is 80.7 Å². The van der Waals surface area contributed by atoms with Gasteiger partial charge in [-0.1, -0.05) is 18.2 Å². The van der Waals surface area contributed by atoms with Crippen LogP contribution in [0.2, 0.25) is 0 Å². The summed E-state index contributed by atoms with van der Waals surface area (Å²) in [4.78, 5) is 11.1. The lowest BCUT2D eigenvalue weighted by Gasteiger charge is -2.22. The molecule has 1 aliphatic rings. The van der Waals surface area contributed by atoms with Crippen LogP contribution in [0.3, 0.4) is 0 Å². The number of hydrogen-bond acceptors (Lipinski definition) is 4. The lowest BCUT2D eigenvalue weighted by Crippen LogP contribution is -2.30. The van der Waals surface area contributed by atoms with Crippen LogP contribution in [0.15, 0.2) is 24.3 Å². The molecule has 0 spiro atoms. The van der Waals surface area contributed by atoms with E-state index in [1.165, 1.54) is 6.07 Å². The minimum Gasteiger partial charge on any atom is -0.478 e. The summed E-state index contributed by atoms with van der Waals surface area (Å²) >= 11 is 0. The maximum Gasteiger partial charge on any atom is 0.335 e. The van der Waals surface area contributed by atoms with Crippen LogP contribution in [0, 0.1) is 0 Å². The van der Waals surface area contributed by atoms with Crippen molar-refractivity contribution in [3.8, 4) is 0 Å². The molecular formula is C13H16O5S. The Labute approximate surface area is 112 Å². The highest BCUT2D eigenvalue weighted by molar-refractivity contribution is 7.91. The van der Waals surface area contributed by atoms with Gasteiger partial charge in [0.2, 0.25) is 0 Å². The van der Waals surface area contributed by atoms with Gasteiger partial charge in [-0.3, -0.25) is 0 Å². The van der Waals surface area contributed by atoms with Crippen LogP contribution in [-0.4, -0.2) is 38.0 Å². The molecule has 0 aromatic heterocycles. The van der Waals surface area contributed by atoms with Crippen LogP contribution in [0.1, 0.15) is 28.8 Å². The van der Waals surface area contributed by atoms with Gasteiger partial charge in [-0.15, -0.1) is 0 Å². The molecule has 1 N–H and O–H groups in total. The van der Waals surface area contributed by atoms with Crippen LogP contribution >= 0.6 is 0 Å². The molecular weight excluding hydrogens is 268 g/mol. The summed E-state index contributed by atoms with van der Waals surface area (Å²) in [6, 6.07) is 6.23. The van der Waals surface area contributed by atoms with Crippen LogP contribution in [-0.2, 0) is 20.3 Å².